The van der Waals surface area contributed by atoms with Gasteiger partial charge in [-0.2, -0.15) is 0 Å². The second-order valence-corrected chi connectivity index (χ2v) is 4.27. The largest absolute Gasteiger partial charge is 0.493 e. The highest BCUT2D eigenvalue weighted by molar-refractivity contribution is 5.48. The lowest BCUT2D eigenvalue weighted by molar-refractivity contribution is 0.276. The van der Waals surface area contributed by atoms with Crippen molar-refractivity contribution in [3.05, 3.63) is 23.3 Å². The zero-order valence-corrected chi connectivity index (χ0v) is 11.6. The molecule has 102 valence electrons. The Morgan fingerprint density at radius 2 is 1.83 bits per heavy atom. The summed E-state index contributed by atoms with van der Waals surface area (Å²) in [4.78, 5) is 0. The fourth-order valence-corrected chi connectivity index (χ4v) is 2.12. The van der Waals surface area contributed by atoms with Crippen LogP contribution in [0.5, 0.6) is 11.5 Å². The number of hydrogen-bond donors (Lipinski definition) is 2. The van der Waals surface area contributed by atoms with Gasteiger partial charge in [0.05, 0.1) is 14.2 Å². The summed E-state index contributed by atoms with van der Waals surface area (Å²) in [5.41, 5.74) is 2.34. The van der Waals surface area contributed by atoms with Crippen molar-refractivity contribution in [1.82, 2.24) is 5.32 Å². The normalized spacial score (nSPS) is 12.3. The molecule has 0 aliphatic carbocycles. The number of aryl methyl sites for hydroxylation is 1. The molecule has 0 aliphatic heterocycles. The summed E-state index contributed by atoms with van der Waals surface area (Å²) in [7, 11) is 5.20. The lowest BCUT2D eigenvalue weighted by Crippen LogP contribution is -2.18. The Kier molecular flexibility index (Phi) is 5.95. The molecule has 1 aromatic rings. The highest BCUT2D eigenvalue weighted by Gasteiger charge is 2.15. The predicted octanol–water partition coefficient (Wildman–Crippen LogP) is 2.05. The zero-order valence-electron chi connectivity index (χ0n) is 11.6. The number of ether oxygens (including phenoxy) is 2. The molecule has 0 amide bonds. The monoisotopic (exact) mass is 253 g/mol. The summed E-state index contributed by atoms with van der Waals surface area (Å²) in [5, 5.41) is 12.2. The molecule has 0 aromatic heterocycles. The smallest absolute Gasteiger partial charge is 0.161 e. The minimum atomic E-state index is 0.213. The van der Waals surface area contributed by atoms with Gasteiger partial charge in [0.15, 0.2) is 11.5 Å². The van der Waals surface area contributed by atoms with Crippen LogP contribution >= 0.6 is 0 Å². The van der Waals surface area contributed by atoms with E-state index >= 15 is 0 Å². The number of aliphatic hydroxyl groups is 1. The molecule has 0 spiro atoms. The first-order valence-corrected chi connectivity index (χ1v) is 6.18. The quantitative estimate of drug-likeness (QED) is 0.781. The van der Waals surface area contributed by atoms with Crippen LogP contribution in [0.1, 0.15) is 30.0 Å². The molecule has 1 unspecified atom stereocenters. The van der Waals surface area contributed by atoms with Crippen LogP contribution in [0, 0.1) is 6.92 Å². The Morgan fingerprint density at radius 3 is 2.33 bits per heavy atom. The maximum Gasteiger partial charge on any atom is 0.161 e. The summed E-state index contributed by atoms with van der Waals surface area (Å²) >= 11 is 0. The van der Waals surface area contributed by atoms with Crippen LogP contribution in [-0.2, 0) is 0 Å². The molecule has 4 nitrogen and oxygen atoms in total. The lowest BCUT2D eigenvalue weighted by atomic mass is 9.97. The van der Waals surface area contributed by atoms with Crippen LogP contribution in [0.2, 0.25) is 0 Å². The van der Waals surface area contributed by atoms with Crippen molar-refractivity contribution in [1.29, 1.82) is 0 Å². The van der Waals surface area contributed by atoms with Gasteiger partial charge in [0.25, 0.3) is 0 Å². The number of methoxy groups -OCH3 is 2. The Labute approximate surface area is 109 Å². The number of aliphatic hydroxyl groups excluding tert-OH is 1. The van der Waals surface area contributed by atoms with Crippen LogP contribution in [0.3, 0.4) is 0 Å². The van der Waals surface area contributed by atoms with Gasteiger partial charge in [0.1, 0.15) is 0 Å². The van der Waals surface area contributed by atoms with Gasteiger partial charge in [0, 0.05) is 12.6 Å². The van der Waals surface area contributed by atoms with Gasteiger partial charge in [-0.25, -0.2) is 0 Å². The fourth-order valence-electron chi connectivity index (χ4n) is 2.12. The average Bonchev–Trinajstić information content (AvgIpc) is 2.40. The number of benzene rings is 1. The molecular weight excluding hydrogens is 230 g/mol. The van der Waals surface area contributed by atoms with Crippen LogP contribution in [0.25, 0.3) is 0 Å². The first kappa shape index (κ1) is 14.8. The van der Waals surface area contributed by atoms with E-state index in [2.05, 4.69) is 12.2 Å². The number of rotatable bonds is 7. The topological polar surface area (TPSA) is 50.7 Å². The van der Waals surface area contributed by atoms with Gasteiger partial charge in [-0.15, -0.1) is 0 Å². The molecule has 0 radical (unpaired) electrons. The molecule has 0 bridgehead atoms. The highest BCUT2D eigenvalue weighted by Crippen LogP contribution is 2.33. The third kappa shape index (κ3) is 3.37. The van der Waals surface area contributed by atoms with E-state index in [0.29, 0.717) is 0 Å². The third-order valence-electron chi connectivity index (χ3n) is 3.15. The van der Waals surface area contributed by atoms with Gasteiger partial charge in [0.2, 0.25) is 0 Å². The molecular formula is C14H23NO3. The molecule has 1 atom stereocenters. The van der Waals surface area contributed by atoms with E-state index in [1.807, 2.05) is 19.2 Å². The van der Waals surface area contributed by atoms with Crippen molar-refractivity contribution in [3.8, 4) is 11.5 Å². The van der Waals surface area contributed by atoms with Crippen LogP contribution < -0.4 is 14.8 Å². The Hall–Kier alpha value is -1.26. The summed E-state index contributed by atoms with van der Waals surface area (Å²) < 4.78 is 10.6. The van der Waals surface area contributed by atoms with Crippen molar-refractivity contribution < 1.29 is 14.6 Å². The summed E-state index contributed by atoms with van der Waals surface area (Å²) in [6.07, 6.45) is 1.67. The summed E-state index contributed by atoms with van der Waals surface area (Å²) in [6.45, 7) is 2.27. The second-order valence-electron chi connectivity index (χ2n) is 4.27. The first-order valence-electron chi connectivity index (χ1n) is 6.18. The minimum absolute atomic E-state index is 0.213. The zero-order chi connectivity index (χ0) is 13.5. The Morgan fingerprint density at radius 1 is 1.22 bits per heavy atom. The van der Waals surface area contributed by atoms with Gasteiger partial charge in [-0.1, -0.05) is 0 Å². The first-order chi connectivity index (χ1) is 8.67. The molecule has 0 fully saturated rings. The third-order valence-corrected chi connectivity index (χ3v) is 3.15. The standard InChI is InChI=1S/C14H23NO3/c1-10-8-13(17-3)14(18-4)9-11(10)12(15-2)6-5-7-16/h8-9,12,15-16H,5-7H2,1-4H3. The molecule has 0 saturated carbocycles. The van der Waals surface area contributed by atoms with Crippen molar-refractivity contribution in [2.45, 2.75) is 25.8 Å². The summed E-state index contributed by atoms with van der Waals surface area (Å²) in [5.74, 6) is 1.48. The van der Waals surface area contributed by atoms with E-state index in [4.69, 9.17) is 14.6 Å². The Bertz CT molecular complexity index is 380. The van der Waals surface area contributed by atoms with E-state index in [0.717, 1.165) is 29.9 Å². The number of hydrogen-bond acceptors (Lipinski definition) is 4. The molecule has 18 heavy (non-hydrogen) atoms. The van der Waals surface area contributed by atoms with Gasteiger partial charge in [-0.3, -0.25) is 0 Å². The second kappa shape index (κ2) is 7.24. The SMILES string of the molecule is CNC(CCCO)c1cc(OC)c(OC)cc1C. The lowest BCUT2D eigenvalue weighted by Gasteiger charge is -2.20. The molecule has 1 rings (SSSR count). The molecule has 0 saturated heterocycles. The number of nitrogens with one attached hydrogen (secondary N) is 1. The predicted molar refractivity (Wildman–Crippen MR) is 72.4 cm³/mol. The van der Waals surface area contributed by atoms with Crippen molar-refractivity contribution in [2.24, 2.45) is 0 Å². The Balaban J connectivity index is 3.06. The van der Waals surface area contributed by atoms with Gasteiger partial charge in [-0.05, 0) is 50.1 Å². The fraction of sp³-hybridized carbons (Fsp3) is 0.571. The van der Waals surface area contributed by atoms with Gasteiger partial charge >= 0.3 is 0 Å². The highest BCUT2D eigenvalue weighted by atomic mass is 16.5. The van der Waals surface area contributed by atoms with Crippen LogP contribution in [0.15, 0.2) is 12.1 Å². The van der Waals surface area contributed by atoms with Crippen molar-refractivity contribution >= 4 is 0 Å². The van der Waals surface area contributed by atoms with E-state index < -0.39 is 0 Å². The van der Waals surface area contributed by atoms with E-state index in [1.54, 1.807) is 14.2 Å². The molecule has 2 N–H and O–H groups in total. The molecule has 0 aliphatic rings. The van der Waals surface area contributed by atoms with E-state index in [9.17, 15) is 0 Å². The van der Waals surface area contributed by atoms with Crippen molar-refractivity contribution in [3.63, 3.8) is 0 Å². The van der Waals surface area contributed by atoms with Crippen LogP contribution in [0.4, 0.5) is 0 Å². The maximum absolute atomic E-state index is 8.94. The van der Waals surface area contributed by atoms with Gasteiger partial charge < -0.3 is 19.9 Å². The van der Waals surface area contributed by atoms with Crippen LogP contribution in [-0.4, -0.2) is 33.0 Å². The van der Waals surface area contributed by atoms with Crippen molar-refractivity contribution in [2.75, 3.05) is 27.9 Å². The molecule has 0 heterocycles. The van der Waals surface area contributed by atoms with E-state index in [1.165, 1.54) is 5.56 Å². The molecule has 4 heteroatoms. The molecule has 1 aromatic carbocycles. The maximum atomic E-state index is 8.94. The average molecular weight is 253 g/mol. The summed E-state index contributed by atoms with van der Waals surface area (Å²) in [6, 6.07) is 4.21. The minimum Gasteiger partial charge on any atom is -0.493 e. The van der Waals surface area contributed by atoms with E-state index in [-0.39, 0.29) is 12.6 Å².